The van der Waals surface area contributed by atoms with Gasteiger partial charge < -0.3 is 10.2 Å². The number of rotatable bonds is 5. The van der Waals surface area contributed by atoms with Gasteiger partial charge in [0.15, 0.2) is 0 Å². The molecule has 3 aromatic rings. The molecule has 3 rings (SSSR count). The molecule has 0 fully saturated rings. The number of hydrogen-bond acceptors (Lipinski definition) is 4. The van der Waals surface area contributed by atoms with Crippen LogP contribution in [0.5, 0.6) is 0 Å². The quantitative estimate of drug-likeness (QED) is 0.701. The topological polar surface area (TPSA) is 58.1 Å². The number of nitrogens with zero attached hydrogens (tertiary/aromatic N) is 3. The number of carbonyl (C=O) groups excluding carboxylic acids is 1. The minimum atomic E-state index is -0.400. The normalized spacial score (nSPS) is 12.4. The maximum absolute atomic E-state index is 14.3. The summed E-state index contributed by atoms with van der Waals surface area (Å²) in [5.41, 5.74) is 3.93. The van der Waals surface area contributed by atoms with Crippen molar-refractivity contribution in [1.29, 1.82) is 0 Å². The van der Waals surface area contributed by atoms with E-state index in [1.54, 1.807) is 30.3 Å². The highest BCUT2D eigenvalue weighted by Crippen LogP contribution is 2.28. The fourth-order valence-electron chi connectivity index (χ4n) is 3.04. The lowest BCUT2D eigenvalue weighted by atomic mass is 10.0. The summed E-state index contributed by atoms with van der Waals surface area (Å²) in [7, 11) is 3.63. The molecule has 146 valence electrons. The predicted octanol–water partition coefficient (Wildman–Crippen LogP) is 4.07. The molecule has 7 heteroatoms. The SMILES string of the molecule is Cc1nc2ccc(C(=O)NCC(c3c(F)cccc3Cl)N(C)C)cc2nc1C. The van der Waals surface area contributed by atoms with E-state index in [1.807, 2.05) is 32.8 Å². The third-order valence-corrected chi connectivity index (χ3v) is 5.08. The summed E-state index contributed by atoms with van der Waals surface area (Å²) in [4.78, 5) is 23.5. The second-order valence-electron chi connectivity index (χ2n) is 6.92. The fraction of sp³-hybridized carbons (Fsp3) is 0.286. The van der Waals surface area contributed by atoms with Gasteiger partial charge in [0.2, 0.25) is 0 Å². The average molecular weight is 401 g/mol. The Morgan fingerprint density at radius 2 is 1.82 bits per heavy atom. The van der Waals surface area contributed by atoms with Crippen molar-refractivity contribution in [3.63, 3.8) is 0 Å². The van der Waals surface area contributed by atoms with Gasteiger partial charge in [-0.05, 0) is 58.3 Å². The predicted molar refractivity (Wildman–Crippen MR) is 109 cm³/mol. The van der Waals surface area contributed by atoms with Crippen LogP contribution >= 0.6 is 11.6 Å². The lowest BCUT2D eigenvalue weighted by Gasteiger charge is -2.26. The molecule has 1 unspecified atom stereocenters. The molecule has 1 amide bonds. The van der Waals surface area contributed by atoms with Crippen LogP contribution in [-0.2, 0) is 0 Å². The molecule has 28 heavy (non-hydrogen) atoms. The number of carbonyl (C=O) groups is 1. The Morgan fingerprint density at radius 3 is 2.46 bits per heavy atom. The summed E-state index contributed by atoms with van der Waals surface area (Å²) in [6.45, 7) is 4.00. The van der Waals surface area contributed by atoms with Crippen LogP contribution in [0.15, 0.2) is 36.4 Å². The van der Waals surface area contributed by atoms with Crippen molar-refractivity contribution in [2.24, 2.45) is 0 Å². The van der Waals surface area contributed by atoms with Crippen LogP contribution < -0.4 is 5.32 Å². The van der Waals surface area contributed by atoms with Gasteiger partial charge in [0.05, 0.1) is 28.5 Å². The standard InChI is InChI=1S/C21H22ClFN4O/c1-12-13(2)26-18-10-14(8-9-17(18)25-12)21(28)24-11-19(27(3)4)20-15(22)6-5-7-16(20)23/h5-10,19H,11H2,1-4H3,(H,24,28). The van der Waals surface area contributed by atoms with Crippen molar-refractivity contribution in [2.45, 2.75) is 19.9 Å². The molecular weight excluding hydrogens is 379 g/mol. The highest BCUT2D eigenvalue weighted by Gasteiger charge is 2.22. The van der Waals surface area contributed by atoms with Gasteiger partial charge >= 0.3 is 0 Å². The van der Waals surface area contributed by atoms with Gasteiger partial charge in [-0.15, -0.1) is 0 Å². The first-order valence-electron chi connectivity index (χ1n) is 8.91. The molecule has 0 radical (unpaired) electrons. The third kappa shape index (κ3) is 4.13. The molecule has 0 spiro atoms. The summed E-state index contributed by atoms with van der Waals surface area (Å²) in [6, 6.07) is 9.37. The number of nitrogens with one attached hydrogen (secondary N) is 1. The number of benzene rings is 2. The lowest BCUT2D eigenvalue weighted by Crippen LogP contribution is -2.35. The van der Waals surface area contributed by atoms with Crippen molar-refractivity contribution >= 4 is 28.5 Å². The number of fused-ring (bicyclic) bond motifs is 1. The van der Waals surface area contributed by atoms with E-state index in [0.717, 1.165) is 16.9 Å². The minimum Gasteiger partial charge on any atom is -0.350 e. The molecule has 0 saturated carbocycles. The maximum atomic E-state index is 14.3. The Morgan fingerprint density at radius 1 is 1.14 bits per heavy atom. The van der Waals surface area contributed by atoms with Crippen molar-refractivity contribution in [3.8, 4) is 0 Å². The molecular formula is C21H22ClFN4O. The monoisotopic (exact) mass is 400 g/mol. The Hall–Kier alpha value is -2.57. The number of amides is 1. The maximum Gasteiger partial charge on any atom is 0.251 e. The van der Waals surface area contributed by atoms with E-state index in [2.05, 4.69) is 15.3 Å². The molecule has 2 aromatic carbocycles. The van der Waals surface area contributed by atoms with Gasteiger partial charge in [-0.3, -0.25) is 4.79 Å². The van der Waals surface area contributed by atoms with Crippen LogP contribution in [0, 0.1) is 19.7 Å². The largest absolute Gasteiger partial charge is 0.350 e. The van der Waals surface area contributed by atoms with E-state index >= 15 is 0 Å². The van der Waals surface area contributed by atoms with Crippen LogP contribution in [0.4, 0.5) is 4.39 Å². The van der Waals surface area contributed by atoms with Crippen molar-refractivity contribution in [2.75, 3.05) is 20.6 Å². The molecule has 5 nitrogen and oxygen atoms in total. The van der Waals surface area contributed by atoms with Crippen molar-refractivity contribution in [1.82, 2.24) is 20.2 Å². The Labute approximate surface area is 168 Å². The second kappa shape index (κ2) is 8.20. The summed E-state index contributed by atoms with van der Waals surface area (Å²) >= 11 is 6.20. The molecule has 0 aliphatic heterocycles. The molecule has 0 bridgehead atoms. The van der Waals surface area contributed by atoms with E-state index in [-0.39, 0.29) is 12.5 Å². The zero-order valence-corrected chi connectivity index (χ0v) is 17.0. The molecule has 0 saturated heterocycles. The first-order chi connectivity index (χ1) is 13.3. The van der Waals surface area contributed by atoms with Crippen molar-refractivity contribution < 1.29 is 9.18 Å². The summed E-state index contributed by atoms with van der Waals surface area (Å²) in [6.07, 6.45) is 0. The van der Waals surface area contributed by atoms with Gasteiger partial charge in [0.1, 0.15) is 5.82 Å². The summed E-state index contributed by atoms with van der Waals surface area (Å²) < 4.78 is 14.3. The van der Waals surface area contributed by atoms with Gasteiger partial charge in [0, 0.05) is 22.7 Å². The first kappa shape index (κ1) is 20.2. The highest BCUT2D eigenvalue weighted by molar-refractivity contribution is 6.31. The molecule has 0 aliphatic rings. The smallest absolute Gasteiger partial charge is 0.251 e. The number of halogens is 2. The fourth-order valence-corrected chi connectivity index (χ4v) is 3.32. The zero-order valence-electron chi connectivity index (χ0n) is 16.3. The highest BCUT2D eigenvalue weighted by atomic mass is 35.5. The second-order valence-corrected chi connectivity index (χ2v) is 7.33. The van der Waals surface area contributed by atoms with Gasteiger partial charge in [-0.2, -0.15) is 0 Å². The Balaban J connectivity index is 1.82. The number of aromatic nitrogens is 2. The summed E-state index contributed by atoms with van der Waals surface area (Å²) in [5.74, 6) is -0.659. The van der Waals surface area contributed by atoms with E-state index < -0.39 is 11.9 Å². The Kier molecular flexibility index (Phi) is 5.91. The minimum absolute atomic E-state index is 0.211. The van der Waals surface area contributed by atoms with Gasteiger partial charge in [-0.25, -0.2) is 14.4 Å². The van der Waals surface area contributed by atoms with Crippen LogP contribution in [0.25, 0.3) is 11.0 Å². The van der Waals surface area contributed by atoms with Gasteiger partial charge in [0.25, 0.3) is 5.91 Å². The first-order valence-corrected chi connectivity index (χ1v) is 9.29. The number of likely N-dealkylation sites (N-methyl/N-ethyl adjacent to an activating group) is 1. The molecule has 1 heterocycles. The third-order valence-electron chi connectivity index (χ3n) is 4.75. The van der Waals surface area contributed by atoms with E-state index in [4.69, 9.17) is 11.6 Å². The lowest BCUT2D eigenvalue weighted by molar-refractivity contribution is 0.0941. The molecule has 1 aromatic heterocycles. The number of aryl methyl sites for hydroxylation is 2. The zero-order chi connectivity index (χ0) is 20.4. The van der Waals surface area contributed by atoms with Crippen LogP contribution in [0.1, 0.15) is 33.4 Å². The summed E-state index contributed by atoms with van der Waals surface area (Å²) in [5, 5.41) is 3.20. The van der Waals surface area contributed by atoms with Crippen LogP contribution in [0.3, 0.4) is 0 Å². The van der Waals surface area contributed by atoms with Crippen molar-refractivity contribution in [3.05, 3.63) is 69.8 Å². The molecule has 0 aliphatic carbocycles. The van der Waals surface area contributed by atoms with E-state index in [9.17, 15) is 9.18 Å². The number of hydrogen-bond donors (Lipinski definition) is 1. The Bertz CT molecular complexity index is 1020. The average Bonchev–Trinajstić information content (AvgIpc) is 2.64. The molecule has 1 N–H and O–H groups in total. The van der Waals surface area contributed by atoms with Crippen LogP contribution in [-0.4, -0.2) is 41.4 Å². The van der Waals surface area contributed by atoms with Gasteiger partial charge in [-0.1, -0.05) is 17.7 Å². The van der Waals surface area contributed by atoms with E-state index in [0.29, 0.717) is 21.7 Å². The molecule has 1 atom stereocenters. The van der Waals surface area contributed by atoms with Crippen LogP contribution in [0.2, 0.25) is 5.02 Å². The van der Waals surface area contributed by atoms with E-state index in [1.165, 1.54) is 6.07 Å².